The maximum atomic E-state index is 12.3. The molecule has 0 saturated heterocycles. The summed E-state index contributed by atoms with van der Waals surface area (Å²) in [5.74, 6) is 1.56. The van der Waals surface area contributed by atoms with Crippen LogP contribution in [0, 0.1) is 3.57 Å². The van der Waals surface area contributed by atoms with Gasteiger partial charge >= 0.3 is 0 Å². The van der Waals surface area contributed by atoms with Crippen LogP contribution in [0.25, 0.3) is 0 Å². The molecule has 0 atom stereocenters. The summed E-state index contributed by atoms with van der Waals surface area (Å²) in [7, 11) is 0. The number of thioether (sulfide) groups is 1. The molecular weight excluding hydrogens is 565 g/mol. The first kappa shape index (κ1) is 26.0. The van der Waals surface area contributed by atoms with Gasteiger partial charge in [0.25, 0.3) is 5.91 Å². The van der Waals surface area contributed by atoms with Crippen molar-refractivity contribution in [2.45, 2.75) is 44.9 Å². The number of halogens is 1. The Bertz CT molecular complexity index is 1100. The maximum Gasteiger partial charge on any atom is 0.258 e. The molecule has 180 valence electrons. The van der Waals surface area contributed by atoms with E-state index in [1.165, 1.54) is 17.3 Å². The molecule has 0 saturated carbocycles. The summed E-state index contributed by atoms with van der Waals surface area (Å²) < 4.78 is 8.56. The molecule has 0 unspecified atom stereocenters. The highest BCUT2D eigenvalue weighted by atomic mass is 127. The SMILES string of the molecule is CCn1c(CNC(=O)COc2ccc(C(C)C)cc2)nnc1SCC(=O)Nc1ccc(I)cc1. The predicted octanol–water partition coefficient (Wildman–Crippen LogP) is 4.45. The van der Waals surface area contributed by atoms with Gasteiger partial charge in [0.1, 0.15) is 5.75 Å². The number of nitrogens with zero attached hydrogens (tertiary/aromatic N) is 3. The van der Waals surface area contributed by atoms with Crippen molar-refractivity contribution in [1.82, 2.24) is 20.1 Å². The minimum atomic E-state index is -0.246. The predicted molar refractivity (Wildman–Crippen MR) is 142 cm³/mol. The number of amides is 2. The summed E-state index contributed by atoms with van der Waals surface area (Å²) in [6, 6.07) is 15.3. The molecule has 2 amide bonds. The van der Waals surface area contributed by atoms with E-state index in [1.807, 2.05) is 60.0 Å². The van der Waals surface area contributed by atoms with Gasteiger partial charge in [-0.15, -0.1) is 10.2 Å². The highest BCUT2D eigenvalue weighted by Gasteiger charge is 2.14. The van der Waals surface area contributed by atoms with Crippen LogP contribution in [0.3, 0.4) is 0 Å². The first-order chi connectivity index (χ1) is 16.4. The summed E-state index contributed by atoms with van der Waals surface area (Å²) in [5, 5.41) is 14.7. The third-order valence-electron chi connectivity index (χ3n) is 4.93. The van der Waals surface area contributed by atoms with E-state index in [-0.39, 0.29) is 30.7 Å². The Morgan fingerprint density at radius 1 is 1.06 bits per heavy atom. The molecule has 2 N–H and O–H groups in total. The lowest BCUT2D eigenvalue weighted by atomic mass is 10.0. The number of anilines is 1. The molecule has 1 heterocycles. The van der Waals surface area contributed by atoms with Crippen molar-refractivity contribution in [2.75, 3.05) is 17.7 Å². The molecule has 3 aromatic rings. The van der Waals surface area contributed by atoms with Crippen LogP contribution in [0.2, 0.25) is 0 Å². The second kappa shape index (κ2) is 12.7. The van der Waals surface area contributed by atoms with Crippen LogP contribution in [0.1, 0.15) is 38.1 Å². The quantitative estimate of drug-likeness (QED) is 0.252. The highest BCUT2D eigenvalue weighted by molar-refractivity contribution is 14.1. The van der Waals surface area contributed by atoms with Crippen molar-refractivity contribution < 1.29 is 14.3 Å². The molecule has 0 aliphatic carbocycles. The van der Waals surface area contributed by atoms with Crippen LogP contribution in [0.15, 0.2) is 53.7 Å². The molecule has 1 aromatic heterocycles. The smallest absolute Gasteiger partial charge is 0.258 e. The first-order valence-corrected chi connectivity index (χ1v) is 13.0. The van der Waals surface area contributed by atoms with E-state index in [2.05, 4.69) is 57.3 Å². The van der Waals surface area contributed by atoms with Gasteiger partial charge in [-0.3, -0.25) is 9.59 Å². The van der Waals surface area contributed by atoms with Crippen LogP contribution in [0.5, 0.6) is 5.75 Å². The van der Waals surface area contributed by atoms with Crippen LogP contribution in [-0.2, 0) is 22.7 Å². The van der Waals surface area contributed by atoms with Crippen molar-refractivity contribution in [1.29, 1.82) is 0 Å². The van der Waals surface area contributed by atoms with E-state index < -0.39 is 0 Å². The Balaban J connectivity index is 1.46. The van der Waals surface area contributed by atoms with Gasteiger partial charge in [-0.05, 0) is 77.4 Å². The topological polar surface area (TPSA) is 98.1 Å². The molecule has 0 spiro atoms. The summed E-state index contributed by atoms with van der Waals surface area (Å²) in [6.07, 6.45) is 0. The van der Waals surface area contributed by atoms with E-state index in [9.17, 15) is 9.59 Å². The summed E-state index contributed by atoms with van der Waals surface area (Å²) in [6.45, 7) is 6.99. The molecule has 8 nitrogen and oxygen atoms in total. The molecule has 0 fully saturated rings. The zero-order valence-corrected chi connectivity index (χ0v) is 22.4. The van der Waals surface area contributed by atoms with Gasteiger partial charge in [-0.2, -0.15) is 0 Å². The van der Waals surface area contributed by atoms with Gasteiger partial charge < -0.3 is 19.9 Å². The van der Waals surface area contributed by atoms with Crippen LogP contribution >= 0.6 is 34.4 Å². The van der Waals surface area contributed by atoms with Gasteiger partial charge in [0.2, 0.25) is 5.91 Å². The number of carbonyl (C=O) groups excluding carboxylic acids is 2. The average molecular weight is 593 g/mol. The third-order valence-corrected chi connectivity index (χ3v) is 6.62. The largest absolute Gasteiger partial charge is 0.484 e. The average Bonchev–Trinajstić information content (AvgIpc) is 3.23. The van der Waals surface area contributed by atoms with Crippen LogP contribution in [0.4, 0.5) is 5.69 Å². The number of carbonyl (C=O) groups is 2. The fraction of sp³-hybridized carbons (Fsp3) is 0.333. The number of benzene rings is 2. The molecule has 0 radical (unpaired) electrons. The lowest BCUT2D eigenvalue weighted by Crippen LogP contribution is -2.29. The van der Waals surface area contributed by atoms with Gasteiger partial charge in [-0.25, -0.2) is 0 Å². The minimum Gasteiger partial charge on any atom is -0.484 e. The fourth-order valence-corrected chi connectivity index (χ4v) is 4.24. The number of rotatable bonds is 11. The third kappa shape index (κ3) is 7.73. The van der Waals surface area contributed by atoms with Gasteiger partial charge in [0.05, 0.1) is 12.3 Å². The van der Waals surface area contributed by atoms with E-state index in [0.29, 0.717) is 29.2 Å². The molecule has 34 heavy (non-hydrogen) atoms. The van der Waals surface area contributed by atoms with E-state index in [4.69, 9.17) is 4.74 Å². The monoisotopic (exact) mass is 593 g/mol. The van der Waals surface area contributed by atoms with Crippen molar-refractivity contribution >= 4 is 51.9 Å². The van der Waals surface area contributed by atoms with Gasteiger partial charge in [-0.1, -0.05) is 37.7 Å². The standard InChI is InChI=1S/C24H28IN5O3S/c1-4-30-21(13-26-22(31)14-33-20-11-5-17(6-12-20)16(2)3)28-29-24(30)34-15-23(32)27-19-9-7-18(25)8-10-19/h5-12,16H,4,13-15H2,1-3H3,(H,26,31)(H,27,32). The van der Waals surface area contributed by atoms with Crippen molar-refractivity contribution in [2.24, 2.45) is 0 Å². The Morgan fingerprint density at radius 3 is 2.41 bits per heavy atom. The minimum absolute atomic E-state index is 0.0817. The van der Waals surface area contributed by atoms with E-state index in [1.54, 1.807) is 0 Å². The molecule has 0 aliphatic heterocycles. The van der Waals surface area contributed by atoms with Gasteiger partial charge in [0, 0.05) is 15.8 Å². The summed E-state index contributed by atoms with van der Waals surface area (Å²) in [4.78, 5) is 24.5. The Labute approximate surface area is 217 Å². The zero-order chi connectivity index (χ0) is 24.5. The lowest BCUT2D eigenvalue weighted by Gasteiger charge is -2.10. The summed E-state index contributed by atoms with van der Waals surface area (Å²) in [5.41, 5.74) is 1.97. The molecule has 2 aromatic carbocycles. The Hall–Kier alpha value is -2.60. The van der Waals surface area contributed by atoms with Crippen molar-refractivity contribution in [3.8, 4) is 5.75 Å². The number of ether oxygens (including phenoxy) is 1. The fourth-order valence-electron chi connectivity index (χ4n) is 3.06. The summed E-state index contributed by atoms with van der Waals surface area (Å²) >= 11 is 3.52. The first-order valence-electron chi connectivity index (χ1n) is 11.0. The number of hydrogen-bond acceptors (Lipinski definition) is 6. The van der Waals surface area contributed by atoms with Crippen molar-refractivity contribution in [3.05, 3.63) is 63.5 Å². The molecule has 10 heteroatoms. The second-order valence-electron chi connectivity index (χ2n) is 7.78. The Kier molecular flexibility index (Phi) is 9.75. The molecule has 3 rings (SSSR count). The number of aromatic nitrogens is 3. The molecular formula is C24H28IN5O3S. The molecule has 0 aliphatic rings. The number of hydrogen-bond donors (Lipinski definition) is 2. The lowest BCUT2D eigenvalue weighted by molar-refractivity contribution is -0.123. The second-order valence-corrected chi connectivity index (χ2v) is 9.96. The van der Waals surface area contributed by atoms with E-state index >= 15 is 0 Å². The van der Waals surface area contributed by atoms with Crippen LogP contribution in [-0.4, -0.2) is 38.9 Å². The zero-order valence-electron chi connectivity index (χ0n) is 19.4. The normalized spacial score (nSPS) is 10.9. The number of nitrogens with one attached hydrogen (secondary N) is 2. The van der Waals surface area contributed by atoms with E-state index in [0.717, 1.165) is 9.26 Å². The highest BCUT2D eigenvalue weighted by Crippen LogP contribution is 2.19. The maximum absolute atomic E-state index is 12.3. The Morgan fingerprint density at radius 2 is 1.76 bits per heavy atom. The van der Waals surface area contributed by atoms with Crippen LogP contribution < -0.4 is 15.4 Å². The van der Waals surface area contributed by atoms with Gasteiger partial charge in [0.15, 0.2) is 17.6 Å². The van der Waals surface area contributed by atoms with Crippen molar-refractivity contribution in [3.63, 3.8) is 0 Å². The molecule has 0 bridgehead atoms.